The van der Waals surface area contributed by atoms with Crippen LogP contribution in [-0.4, -0.2) is 23.0 Å². The fourth-order valence-electron chi connectivity index (χ4n) is 3.02. The minimum absolute atomic E-state index is 0.437. The summed E-state index contributed by atoms with van der Waals surface area (Å²) in [6.07, 6.45) is 4.88. The molecule has 0 aliphatic carbocycles. The third-order valence-corrected chi connectivity index (χ3v) is 4.27. The van der Waals surface area contributed by atoms with E-state index in [-0.39, 0.29) is 0 Å². The second-order valence-corrected chi connectivity index (χ2v) is 6.88. The summed E-state index contributed by atoms with van der Waals surface area (Å²) in [5.74, 6) is 0.990. The standard InChI is InChI=1S/C19H24N2O/c1-19(2)9-12-21(15-19)13-17-5-3-4-6-18(17)22-14-16-7-10-20-11-8-16/h3-8,10-11H,9,12-15H2,1-2H3. The van der Waals surface area contributed by atoms with Gasteiger partial charge in [-0.3, -0.25) is 9.88 Å². The van der Waals surface area contributed by atoms with Crippen LogP contribution in [0.1, 0.15) is 31.4 Å². The van der Waals surface area contributed by atoms with E-state index in [1.54, 1.807) is 12.4 Å². The first-order chi connectivity index (χ1) is 10.6. The minimum Gasteiger partial charge on any atom is -0.489 e. The van der Waals surface area contributed by atoms with Crippen LogP contribution in [0, 0.1) is 5.41 Å². The first-order valence-electron chi connectivity index (χ1n) is 7.94. The van der Waals surface area contributed by atoms with E-state index < -0.39 is 0 Å². The number of benzene rings is 1. The Morgan fingerprint density at radius 1 is 1.14 bits per heavy atom. The van der Waals surface area contributed by atoms with Gasteiger partial charge in [-0.05, 0) is 42.1 Å². The normalized spacial score (nSPS) is 17.5. The molecule has 116 valence electrons. The van der Waals surface area contributed by atoms with Gasteiger partial charge in [0.25, 0.3) is 0 Å². The van der Waals surface area contributed by atoms with Gasteiger partial charge >= 0.3 is 0 Å². The molecule has 0 bridgehead atoms. The monoisotopic (exact) mass is 296 g/mol. The molecular formula is C19H24N2O. The Morgan fingerprint density at radius 2 is 1.91 bits per heavy atom. The lowest BCUT2D eigenvalue weighted by atomic mass is 9.93. The Bertz CT molecular complexity index is 610. The zero-order chi connectivity index (χ0) is 15.4. The van der Waals surface area contributed by atoms with Crippen LogP contribution in [-0.2, 0) is 13.2 Å². The van der Waals surface area contributed by atoms with Crippen LogP contribution in [0.15, 0.2) is 48.8 Å². The quantitative estimate of drug-likeness (QED) is 0.837. The number of nitrogens with zero attached hydrogens (tertiary/aromatic N) is 2. The summed E-state index contributed by atoms with van der Waals surface area (Å²) in [6, 6.07) is 12.4. The van der Waals surface area contributed by atoms with Crippen LogP contribution >= 0.6 is 0 Å². The molecule has 1 aromatic carbocycles. The molecule has 0 saturated carbocycles. The van der Waals surface area contributed by atoms with Gasteiger partial charge in [0.1, 0.15) is 12.4 Å². The van der Waals surface area contributed by atoms with Gasteiger partial charge in [-0.1, -0.05) is 32.0 Å². The van der Waals surface area contributed by atoms with E-state index in [0.717, 1.165) is 24.4 Å². The molecule has 1 aromatic heterocycles. The molecular weight excluding hydrogens is 272 g/mol. The average molecular weight is 296 g/mol. The summed E-state index contributed by atoms with van der Waals surface area (Å²) < 4.78 is 6.03. The molecule has 1 fully saturated rings. The maximum Gasteiger partial charge on any atom is 0.124 e. The van der Waals surface area contributed by atoms with Gasteiger partial charge in [0, 0.05) is 31.0 Å². The number of aromatic nitrogens is 1. The van der Waals surface area contributed by atoms with Gasteiger partial charge in [0.2, 0.25) is 0 Å². The van der Waals surface area contributed by atoms with Gasteiger partial charge < -0.3 is 4.74 Å². The molecule has 22 heavy (non-hydrogen) atoms. The lowest BCUT2D eigenvalue weighted by Gasteiger charge is -2.21. The van der Waals surface area contributed by atoms with Gasteiger partial charge in [-0.2, -0.15) is 0 Å². The zero-order valence-electron chi connectivity index (χ0n) is 13.5. The smallest absolute Gasteiger partial charge is 0.124 e. The van der Waals surface area contributed by atoms with E-state index in [2.05, 4.69) is 41.9 Å². The van der Waals surface area contributed by atoms with E-state index in [9.17, 15) is 0 Å². The summed E-state index contributed by atoms with van der Waals surface area (Å²) in [7, 11) is 0. The summed E-state index contributed by atoms with van der Waals surface area (Å²) in [4.78, 5) is 6.56. The lowest BCUT2D eigenvalue weighted by molar-refractivity contribution is 0.268. The number of ether oxygens (including phenoxy) is 1. The predicted octanol–water partition coefficient (Wildman–Crippen LogP) is 3.89. The van der Waals surface area contributed by atoms with Crippen LogP contribution in [0.3, 0.4) is 0 Å². The second-order valence-electron chi connectivity index (χ2n) is 6.88. The highest BCUT2D eigenvalue weighted by atomic mass is 16.5. The van der Waals surface area contributed by atoms with Crippen molar-refractivity contribution in [3.63, 3.8) is 0 Å². The average Bonchev–Trinajstić information content (AvgIpc) is 2.86. The van der Waals surface area contributed by atoms with Crippen molar-refractivity contribution in [2.24, 2.45) is 5.41 Å². The Kier molecular flexibility index (Phi) is 4.44. The minimum atomic E-state index is 0.437. The van der Waals surface area contributed by atoms with Crippen molar-refractivity contribution in [1.82, 2.24) is 9.88 Å². The van der Waals surface area contributed by atoms with Crippen LogP contribution < -0.4 is 4.74 Å². The predicted molar refractivity (Wildman–Crippen MR) is 88.7 cm³/mol. The number of likely N-dealkylation sites (tertiary alicyclic amines) is 1. The largest absolute Gasteiger partial charge is 0.489 e. The molecule has 3 nitrogen and oxygen atoms in total. The topological polar surface area (TPSA) is 25.4 Å². The van der Waals surface area contributed by atoms with Gasteiger partial charge in [0.15, 0.2) is 0 Å². The molecule has 0 spiro atoms. The van der Waals surface area contributed by atoms with Crippen molar-refractivity contribution in [3.05, 3.63) is 59.9 Å². The lowest BCUT2D eigenvalue weighted by Crippen LogP contribution is -2.23. The third kappa shape index (κ3) is 3.86. The second kappa shape index (κ2) is 6.49. The zero-order valence-corrected chi connectivity index (χ0v) is 13.5. The van der Waals surface area contributed by atoms with Crippen LogP contribution in [0.2, 0.25) is 0 Å². The number of pyridine rings is 1. The first-order valence-corrected chi connectivity index (χ1v) is 7.94. The van der Waals surface area contributed by atoms with E-state index in [1.807, 2.05) is 18.2 Å². The molecule has 1 aliphatic rings. The number of hydrogen-bond donors (Lipinski definition) is 0. The molecule has 0 amide bonds. The molecule has 0 atom stereocenters. The molecule has 3 heteroatoms. The van der Waals surface area contributed by atoms with Crippen molar-refractivity contribution < 1.29 is 4.74 Å². The molecule has 0 unspecified atom stereocenters. The molecule has 3 rings (SSSR count). The molecule has 1 aliphatic heterocycles. The van der Waals surface area contributed by atoms with Gasteiger partial charge in [0.05, 0.1) is 0 Å². The van der Waals surface area contributed by atoms with Gasteiger partial charge in [-0.25, -0.2) is 0 Å². The molecule has 2 aromatic rings. The third-order valence-electron chi connectivity index (χ3n) is 4.27. The summed E-state index contributed by atoms with van der Waals surface area (Å²) in [5, 5.41) is 0. The molecule has 0 N–H and O–H groups in total. The Morgan fingerprint density at radius 3 is 2.64 bits per heavy atom. The molecule has 2 heterocycles. The van der Waals surface area contributed by atoms with E-state index in [0.29, 0.717) is 12.0 Å². The van der Waals surface area contributed by atoms with E-state index >= 15 is 0 Å². The first kappa shape index (κ1) is 15.0. The maximum absolute atomic E-state index is 6.03. The van der Waals surface area contributed by atoms with Crippen LogP contribution in [0.5, 0.6) is 5.75 Å². The van der Waals surface area contributed by atoms with Gasteiger partial charge in [-0.15, -0.1) is 0 Å². The maximum atomic E-state index is 6.03. The highest BCUT2D eigenvalue weighted by Gasteiger charge is 2.29. The SMILES string of the molecule is CC1(C)CCN(Cc2ccccc2OCc2ccncc2)C1. The van der Waals surface area contributed by atoms with Crippen LogP contribution in [0.25, 0.3) is 0 Å². The number of hydrogen-bond acceptors (Lipinski definition) is 3. The Hall–Kier alpha value is -1.87. The Labute approximate surface area is 132 Å². The molecule has 1 saturated heterocycles. The summed E-state index contributed by atoms with van der Waals surface area (Å²) in [6.45, 7) is 8.58. The highest BCUT2D eigenvalue weighted by molar-refractivity contribution is 5.33. The van der Waals surface area contributed by atoms with Crippen molar-refractivity contribution in [1.29, 1.82) is 0 Å². The van der Waals surface area contributed by atoms with Crippen molar-refractivity contribution in [2.75, 3.05) is 13.1 Å². The van der Waals surface area contributed by atoms with Crippen molar-refractivity contribution in [3.8, 4) is 5.75 Å². The highest BCUT2D eigenvalue weighted by Crippen LogP contribution is 2.31. The number of para-hydroxylation sites is 1. The van der Waals surface area contributed by atoms with E-state index in [4.69, 9.17) is 4.74 Å². The number of rotatable bonds is 5. The Balaban J connectivity index is 1.65. The van der Waals surface area contributed by atoms with Crippen molar-refractivity contribution >= 4 is 0 Å². The van der Waals surface area contributed by atoms with Crippen LogP contribution in [0.4, 0.5) is 0 Å². The van der Waals surface area contributed by atoms with Crippen molar-refractivity contribution in [2.45, 2.75) is 33.4 Å². The fourth-order valence-corrected chi connectivity index (χ4v) is 3.02. The summed E-state index contributed by atoms with van der Waals surface area (Å²) in [5.41, 5.74) is 2.86. The fraction of sp³-hybridized carbons (Fsp3) is 0.421. The molecule has 0 radical (unpaired) electrons. The summed E-state index contributed by atoms with van der Waals surface area (Å²) >= 11 is 0. The van der Waals surface area contributed by atoms with E-state index in [1.165, 1.54) is 18.5 Å².